The van der Waals surface area contributed by atoms with E-state index in [4.69, 9.17) is 4.74 Å². The molecule has 0 aromatic heterocycles. The van der Waals surface area contributed by atoms with Crippen molar-refractivity contribution in [1.82, 2.24) is 0 Å². The number of benzene rings is 1. The molecule has 23 heavy (non-hydrogen) atoms. The van der Waals surface area contributed by atoms with E-state index in [0.717, 1.165) is 5.75 Å². The van der Waals surface area contributed by atoms with Crippen molar-refractivity contribution in [3.8, 4) is 5.75 Å². The standard InChI is InChI=1S/C21H28OS/c1-16-13-21(23-15-17(16)2)14-18-9-5-6-10-19(18)22-20(21)11-7-3-4-8-12-20/h5-6,9-10H,3-4,7-8,11-15H2,1-2H3. The van der Waals surface area contributed by atoms with Crippen LogP contribution >= 0.6 is 11.8 Å². The highest BCUT2D eigenvalue weighted by molar-refractivity contribution is 8.01. The summed E-state index contributed by atoms with van der Waals surface area (Å²) in [7, 11) is 0. The second kappa shape index (κ2) is 5.88. The zero-order valence-electron chi connectivity index (χ0n) is 14.5. The number of ether oxygens (including phenoxy) is 1. The first-order chi connectivity index (χ1) is 11.1. The van der Waals surface area contributed by atoms with Gasteiger partial charge >= 0.3 is 0 Å². The number of rotatable bonds is 0. The normalized spacial score (nSPS) is 30.0. The molecule has 1 aromatic rings. The minimum atomic E-state index is 0.0461. The van der Waals surface area contributed by atoms with Crippen LogP contribution < -0.4 is 4.74 Å². The van der Waals surface area contributed by atoms with Crippen LogP contribution in [0.3, 0.4) is 0 Å². The van der Waals surface area contributed by atoms with Crippen molar-refractivity contribution in [3.05, 3.63) is 41.0 Å². The van der Waals surface area contributed by atoms with Gasteiger partial charge in [-0.2, -0.15) is 0 Å². The first-order valence-electron chi connectivity index (χ1n) is 9.20. The van der Waals surface area contributed by atoms with E-state index in [1.807, 2.05) is 0 Å². The quantitative estimate of drug-likeness (QED) is 0.546. The molecule has 0 bridgehead atoms. The van der Waals surface area contributed by atoms with Gasteiger partial charge in [0.2, 0.25) is 0 Å². The van der Waals surface area contributed by atoms with Gasteiger partial charge in [-0.15, -0.1) is 11.8 Å². The molecular formula is C21H28OS. The van der Waals surface area contributed by atoms with Gasteiger partial charge in [-0.25, -0.2) is 0 Å². The summed E-state index contributed by atoms with van der Waals surface area (Å²) in [5.74, 6) is 2.34. The van der Waals surface area contributed by atoms with E-state index in [1.54, 1.807) is 11.1 Å². The van der Waals surface area contributed by atoms with Gasteiger partial charge in [-0.1, -0.05) is 42.2 Å². The Hall–Kier alpha value is -0.890. The van der Waals surface area contributed by atoms with E-state index >= 15 is 0 Å². The Balaban J connectivity index is 1.80. The Labute approximate surface area is 144 Å². The van der Waals surface area contributed by atoms with E-state index in [-0.39, 0.29) is 10.3 Å². The Bertz CT molecular complexity index is 624. The Kier molecular flexibility index (Phi) is 3.99. The Morgan fingerprint density at radius 1 is 0.913 bits per heavy atom. The fraction of sp³-hybridized carbons (Fsp3) is 0.619. The average molecular weight is 329 g/mol. The van der Waals surface area contributed by atoms with Crippen LogP contribution in [0.2, 0.25) is 0 Å². The number of hydrogen-bond acceptors (Lipinski definition) is 2. The molecule has 2 heteroatoms. The highest BCUT2D eigenvalue weighted by atomic mass is 32.2. The van der Waals surface area contributed by atoms with Crippen LogP contribution in [0.5, 0.6) is 5.75 Å². The molecule has 1 aromatic carbocycles. The Morgan fingerprint density at radius 3 is 2.39 bits per heavy atom. The van der Waals surface area contributed by atoms with Crippen LogP contribution in [-0.4, -0.2) is 16.1 Å². The number of thioether (sulfide) groups is 1. The van der Waals surface area contributed by atoms with Crippen LogP contribution in [0.4, 0.5) is 0 Å². The predicted octanol–water partition coefficient (Wildman–Crippen LogP) is 5.93. The highest BCUT2D eigenvalue weighted by Gasteiger charge is 2.56. The summed E-state index contributed by atoms with van der Waals surface area (Å²) in [5, 5.41) is 0. The molecule has 0 radical (unpaired) electrons. The number of hydrogen-bond donors (Lipinski definition) is 0. The first-order valence-corrected chi connectivity index (χ1v) is 10.2. The largest absolute Gasteiger partial charge is 0.486 e. The van der Waals surface area contributed by atoms with Crippen molar-refractivity contribution in [2.45, 2.75) is 75.6 Å². The van der Waals surface area contributed by atoms with Gasteiger partial charge in [-0.05, 0) is 64.0 Å². The van der Waals surface area contributed by atoms with Crippen LogP contribution in [0.25, 0.3) is 0 Å². The molecule has 0 N–H and O–H groups in total. The number of fused-ring (bicyclic) bond motifs is 2. The van der Waals surface area contributed by atoms with Gasteiger partial charge in [0, 0.05) is 5.75 Å². The van der Waals surface area contributed by atoms with Crippen molar-refractivity contribution < 1.29 is 4.74 Å². The smallest absolute Gasteiger partial charge is 0.124 e. The van der Waals surface area contributed by atoms with Crippen LogP contribution in [-0.2, 0) is 6.42 Å². The molecule has 0 saturated heterocycles. The lowest BCUT2D eigenvalue weighted by atomic mass is 9.71. The van der Waals surface area contributed by atoms with Gasteiger partial charge in [-0.3, -0.25) is 0 Å². The van der Waals surface area contributed by atoms with Gasteiger partial charge in [0.05, 0.1) is 4.75 Å². The lowest BCUT2D eigenvalue weighted by Gasteiger charge is -2.55. The fourth-order valence-corrected chi connectivity index (χ4v) is 6.61. The third-order valence-corrected chi connectivity index (χ3v) is 8.13. The molecule has 1 fully saturated rings. The van der Waals surface area contributed by atoms with E-state index in [2.05, 4.69) is 49.9 Å². The Morgan fingerprint density at radius 2 is 1.65 bits per heavy atom. The molecule has 3 aliphatic rings. The maximum atomic E-state index is 6.87. The summed E-state index contributed by atoms with van der Waals surface area (Å²) in [6.07, 6.45) is 10.3. The summed E-state index contributed by atoms with van der Waals surface area (Å²) < 4.78 is 7.12. The zero-order chi connectivity index (χ0) is 15.9. The third-order valence-electron chi connectivity index (χ3n) is 6.34. The molecule has 1 nitrogen and oxygen atoms in total. The topological polar surface area (TPSA) is 9.23 Å². The zero-order valence-corrected chi connectivity index (χ0v) is 15.3. The fourth-order valence-electron chi connectivity index (χ4n) is 4.78. The summed E-state index contributed by atoms with van der Waals surface area (Å²) in [6.45, 7) is 4.66. The summed E-state index contributed by atoms with van der Waals surface area (Å²) in [4.78, 5) is 0. The molecule has 1 aliphatic carbocycles. The van der Waals surface area contributed by atoms with E-state index in [1.165, 1.54) is 62.7 Å². The predicted molar refractivity (Wildman–Crippen MR) is 99.4 cm³/mol. The van der Waals surface area contributed by atoms with E-state index in [0.29, 0.717) is 0 Å². The van der Waals surface area contributed by atoms with Crippen LogP contribution in [0.1, 0.15) is 64.4 Å². The average Bonchev–Trinajstić information content (AvgIpc) is 2.79. The molecule has 0 amide bonds. The maximum Gasteiger partial charge on any atom is 0.124 e. The molecule has 2 aliphatic heterocycles. The summed E-state index contributed by atoms with van der Waals surface area (Å²) in [6, 6.07) is 8.77. The molecule has 1 atom stereocenters. The maximum absolute atomic E-state index is 6.87. The van der Waals surface area contributed by atoms with Crippen molar-refractivity contribution in [1.29, 1.82) is 0 Å². The second-order valence-electron chi connectivity index (χ2n) is 7.82. The third kappa shape index (κ3) is 2.54. The molecule has 124 valence electrons. The van der Waals surface area contributed by atoms with Gasteiger partial charge in [0.1, 0.15) is 11.4 Å². The number of allylic oxidation sites excluding steroid dienone is 1. The lowest BCUT2D eigenvalue weighted by Crippen LogP contribution is -2.60. The van der Waals surface area contributed by atoms with Crippen LogP contribution in [0.15, 0.2) is 35.4 Å². The highest BCUT2D eigenvalue weighted by Crippen LogP contribution is 2.57. The van der Waals surface area contributed by atoms with Crippen molar-refractivity contribution >= 4 is 11.8 Å². The summed E-state index contributed by atoms with van der Waals surface area (Å²) in [5.41, 5.74) is 4.66. The van der Waals surface area contributed by atoms with Crippen LogP contribution in [0, 0.1) is 0 Å². The van der Waals surface area contributed by atoms with Crippen molar-refractivity contribution in [2.24, 2.45) is 0 Å². The minimum Gasteiger partial charge on any atom is -0.486 e. The minimum absolute atomic E-state index is 0.0461. The van der Waals surface area contributed by atoms with E-state index < -0.39 is 0 Å². The van der Waals surface area contributed by atoms with E-state index in [9.17, 15) is 0 Å². The SMILES string of the molecule is CC1=C(C)CC2(Cc3ccccc3OC23CCCCCC3)SC1. The second-order valence-corrected chi connectivity index (χ2v) is 9.17. The lowest BCUT2D eigenvalue weighted by molar-refractivity contribution is -0.00323. The molecule has 1 unspecified atom stereocenters. The molecular weight excluding hydrogens is 300 g/mol. The molecule has 2 spiro atoms. The van der Waals surface area contributed by atoms with Gasteiger partial charge in [0.15, 0.2) is 0 Å². The summed E-state index contributed by atoms with van der Waals surface area (Å²) >= 11 is 2.19. The molecule has 1 saturated carbocycles. The molecule has 2 heterocycles. The van der Waals surface area contributed by atoms with Crippen molar-refractivity contribution in [3.63, 3.8) is 0 Å². The first kappa shape index (κ1) is 15.6. The monoisotopic (exact) mass is 328 g/mol. The number of para-hydroxylation sites is 1. The van der Waals surface area contributed by atoms with Crippen molar-refractivity contribution in [2.75, 3.05) is 5.75 Å². The van der Waals surface area contributed by atoms with Gasteiger partial charge < -0.3 is 4.74 Å². The molecule has 4 rings (SSSR count). The van der Waals surface area contributed by atoms with Gasteiger partial charge in [0.25, 0.3) is 0 Å².